The Kier molecular flexibility index (Phi) is 4.98. The Balaban J connectivity index is 2.23. The molecule has 1 fully saturated rings. The molecule has 5 heteroatoms. The quantitative estimate of drug-likeness (QED) is 0.679. The van der Waals surface area contributed by atoms with Crippen LogP contribution in [0.1, 0.15) is 26.2 Å². The van der Waals surface area contributed by atoms with E-state index in [2.05, 4.69) is 10.2 Å². The number of amides is 1. The van der Waals surface area contributed by atoms with E-state index in [1.807, 2.05) is 6.92 Å². The SMILES string of the molecule is CCC(=O)NC1CCN(CC(N)=S)CC1. The highest BCUT2D eigenvalue weighted by atomic mass is 32.1. The minimum absolute atomic E-state index is 0.141. The lowest BCUT2D eigenvalue weighted by Gasteiger charge is -2.31. The van der Waals surface area contributed by atoms with Gasteiger partial charge in [0.1, 0.15) is 0 Å². The lowest BCUT2D eigenvalue weighted by molar-refractivity contribution is -0.121. The third kappa shape index (κ3) is 4.57. The van der Waals surface area contributed by atoms with Gasteiger partial charge in [-0.25, -0.2) is 0 Å². The van der Waals surface area contributed by atoms with Crippen LogP contribution in [-0.4, -0.2) is 41.5 Å². The number of nitrogens with zero attached hydrogens (tertiary/aromatic N) is 1. The first kappa shape index (κ1) is 12.4. The van der Waals surface area contributed by atoms with Crippen LogP contribution in [0.15, 0.2) is 0 Å². The van der Waals surface area contributed by atoms with Gasteiger partial charge in [-0.3, -0.25) is 9.69 Å². The monoisotopic (exact) mass is 229 g/mol. The van der Waals surface area contributed by atoms with Gasteiger partial charge in [-0.05, 0) is 12.8 Å². The molecule has 0 bridgehead atoms. The Bertz CT molecular complexity index is 237. The average molecular weight is 229 g/mol. The molecule has 1 aliphatic rings. The molecule has 0 spiro atoms. The van der Waals surface area contributed by atoms with Crippen LogP contribution >= 0.6 is 12.2 Å². The van der Waals surface area contributed by atoms with Crippen LogP contribution in [0.2, 0.25) is 0 Å². The Morgan fingerprint density at radius 3 is 2.60 bits per heavy atom. The maximum Gasteiger partial charge on any atom is 0.219 e. The number of hydrogen-bond donors (Lipinski definition) is 2. The van der Waals surface area contributed by atoms with Crippen molar-refractivity contribution in [1.29, 1.82) is 0 Å². The van der Waals surface area contributed by atoms with E-state index in [-0.39, 0.29) is 5.91 Å². The van der Waals surface area contributed by atoms with Crippen LogP contribution in [-0.2, 0) is 4.79 Å². The van der Waals surface area contributed by atoms with Crippen molar-refractivity contribution in [2.45, 2.75) is 32.2 Å². The first-order valence-electron chi connectivity index (χ1n) is 5.41. The molecule has 1 rings (SSSR count). The first-order chi connectivity index (χ1) is 7.11. The highest BCUT2D eigenvalue weighted by molar-refractivity contribution is 7.80. The molecule has 1 aliphatic heterocycles. The Labute approximate surface area is 96.2 Å². The van der Waals surface area contributed by atoms with E-state index in [0.29, 0.717) is 24.0 Å². The molecule has 15 heavy (non-hydrogen) atoms. The van der Waals surface area contributed by atoms with Gasteiger partial charge in [0.25, 0.3) is 0 Å². The zero-order valence-corrected chi connectivity index (χ0v) is 9.98. The maximum atomic E-state index is 11.2. The van der Waals surface area contributed by atoms with E-state index in [4.69, 9.17) is 18.0 Å². The molecule has 0 aromatic heterocycles. The number of carbonyl (C=O) groups is 1. The maximum absolute atomic E-state index is 11.2. The van der Waals surface area contributed by atoms with Gasteiger partial charge < -0.3 is 11.1 Å². The fourth-order valence-corrected chi connectivity index (χ4v) is 1.97. The van der Waals surface area contributed by atoms with E-state index >= 15 is 0 Å². The second kappa shape index (κ2) is 6.02. The molecule has 4 nitrogen and oxygen atoms in total. The van der Waals surface area contributed by atoms with E-state index in [1.54, 1.807) is 0 Å². The van der Waals surface area contributed by atoms with Gasteiger partial charge in [-0.1, -0.05) is 19.1 Å². The molecule has 0 atom stereocenters. The molecule has 0 aromatic rings. The van der Waals surface area contributed by atoms with Gasteiger partial charge in [-0.2, -0.15) is 0 Å². The molecule has 0 saturated carbocycles. The zero-order valence-electron chi connectivity index (χ0n) is 9.16. The summed E-state index contributed by atoms with van der Waals surface area (Å²) in [6.07, 6.45) is 2.55. The first-order valence-corrected chi connectivity index (χ1v) is 5.82. The summed E-state index contributed by atoms with van der Waals surface area (Å²) in [6.45, 7) is 4.50. The third-order valence-electron chi connectivity index (χ3n) is 2.65. The average Bonchev–Trinajstić information content (AvgIpc) is 2.20. The molecule has 0 aromatic carbocycles. The molecule has 0 radical (unpaired) electrons. The number of carbonyl (C=O) groups excluding carboxylic acids is 1. The molecular formula is C10H19N3OS. The summed E-state index contributed by atoms with van der Waals surface area (Å²) in [5.74, 6) is 0.141. The predicted molar refractivity (Wildman–Crippen MR) is 64.7 cm³/mol. The number of piperidine rings is 1. The van der Waals surface area contributed by atoms with Gasteiger partial charge in [0, 0.05) is 32.1 Å². The summed E-state index contributed by atoms with van der Waals surface area (Å²) < 4.78 is 0. The summed E-state index contributed by atoms with van der Waals surface area (Å²) in [4.78, 5) is 14.0. The summed E-state index contributed by atoms with van der Waals surface area (Å²) >= 11 is 4.86. The molecule has 86 valence electrons. The van der Waals surface area contributed by atoms with Crippen molar-refractivity contribution in [2.75, 3.05) is 19.6 Å². The van der Waals surface area contributed by atoms with Crippen LogP contribution in [0.5, 0.6) is 0 Å². The number of thiocarbonyl (C=S) groups is 1. The Hall–Kier alpha value is -0.680. The second-order valence-corrected chi connectivity index (χ2v) is 4.46. The van der Waals surface area contributed by atoms with Crippen LogP contribution < -0.4 is 11.1 Å². The number of likely N-dealkylation sites (tertiary alicyclic amines) is 1. The molecule has 0 unspecified atom stereocenters. The van der Waals surface area contributed by atoms with Crippen molar-refractivity contribution in [3.8, 4) is 0 Å². The largest absolute Gasteiger partial charge is 0.392 e. The molecule has 3 N–H and O–H groups in total. The smallest absolute Gasteiger partial charge is 0.219 e. The lowest BCUT2D eigenvalue weighted by Crippen LogP contribution is -2.46. The van der Waals surface area contributed by atoms with E-state index < -0.39 is 0 Å². The van der Waals surface area contributed by atoms with Gasteiger partial charge >= 0.3 is 0 Å². The number of rotatable bonds is 4. The molecular weight excluding hydrogens is 210 g/mol. The van der Waals surface area contributed by atoms with Gasteiger partial charge in [0.05, 0.1) is 4.99 Å². The standard InChI is InChI=1S/C10H19N3OS/c1-2-10(14)12-8-3-5-13(6-4-8)7-9(11)15/h8H,2-7H2,1H3,(H2,11,15)(H,12,14). The normalized spacial score (nSPS) is 18.7. The fourth-order valence-electron chi connectivity index (χ4n) is 1.79. The van der Waals surface area contributed by atoms with Crippen molar-refractivity contribution in [3.63, 3.8) is 0 Å². The highest BCUT2D eigenvalue weighted by Crippen LogP contribution is 2.09. The van der Waals surface area contributed by atoms with Crippen LogP contribution in [0.3, 0.4) is 0 Å². The minimum atomic E-state index is 0.141. The second-order valence-electron chi connectivity index (χ2n) is 3.94. The summed E-state index contributed by atoms with van der Waals surface area (Å²) in [6, 6.07) is 0.333. The Morgan fingerprint density at radius 2 is 2.13 bits per heavy atom. The number of nitrogens with one attached hydrogen (secondary N) is 1. The summed E-state index contributed by atoms with van der Waals surface area (Å²) in [5.41, 5.74) is 5.48. The summed E-state index contributed by atoms with van der Waals surface area (Å²) in [5, 5.41) is 3.01. The summed E-state index contributed by atoms with van der Waals surface area (Å²) in [7, 11) is 0. The van der Waals surface area contributed by atoms with E-state index in [1.165, 1.54) is 0 Å². The van der Waals surface area contributed by atoms with Crippen LogP contribution in [0, 0.1) is 0 Å². The van der Waals surface area contributed by atoms with Crippen molar-refractivity contribution in [1.82, 2.24) is 10.2 Å². The van der Waals surface area contributed by atoms with Crippen molar-refractivity contribution in [2.24, 2.45) is 5.73 Å². The minimum Gasteiger partial charge on any atom is -0.392 e. The highest BCUT2D eigenvalue weighted by Gasteiger charge is 2.20. The lowest BCUT2D eigenvalue weighted by atomic mass is 10.0. The topological polar surface area (TPSA) is 58.4 Å². The molecule has 1 heterocycles. The van der Waals surface area contributed by atoms with Crippen molar-refractivity contribution >= 4 is 23.1 Å². The Morgan fingerprint density at radius 1 is 1.53 bits per heavy atom. The third-order valence-corrected chi connectivity index (χ3v) is 2.78. The number of hydrogen-bond acceptors (Lipinski definition) is 3. The van der Waals surface area contributed by atoms with Gasteiger partial charge in [0.15, 0.2) is 0 Å². The van der Waals surface area contributed by atoms with E-state index in [0.717, 1.165) is 25.9 Å². The van der Waals surface area contributed by atoms with Crippen molar-refractivity contribution in [3.05, 3.63) is 0 Å². The van der Waals surface area contributed by atoms with Gasteiger partial charge in [-0.15, -0.1) is 0 Å². The fraction of sp³-hybridized carbons (Fsp3) is 0.800. The van der Waals surface area contributed by atoms with Crippen LogP contribution in [0.25, 0.3) is 0 Å². The predicted octanol–water partition coefficient (Wildman–Crippen LogP) is 0.263. The molecule has 1 saturated heterocycles. The zero-order chi connectivity index (χ0) is 11.3. The van der Waals surface area contributed by atoms with E-state index in [9.17, 15) is 4.79 Å². The van der Waals surface area contributed by atoms with Crippen LogP contribution in [0.4, 0.5) is 0 Å². The van der Waals surface area contributed by atoms with Crippen molar-refractivity contribution < 1.29 is 4.79 Å². The van der Waals surface area contributed by atoms with Gasteiger partial charge in [0.2, 0.25) is 5.91 Å². The molecule has 1 amide bonds. The molecule has 0 aliphatic carbocycles. The number of nitrogens with two attached hydrogens (primary N) is 1.